The molecule has 0 bridgehead atoms. The fourth-order valence-corrected chi connectivity index (χ4v) is 3.08. The molecule has 0 saturated heterocycles. The van der Waals surface area contributed by atoms with Crippen molar-refractivity contribution < 1.29 is 9.90 Å². The topological polar surface area (TPSA) is 40.5 Å². The molecule has 0 radical (unpaired) electrons. The standard InChI is InChI=1S/C21H23NO2/c23-21(24)20-10-8-17(9-11-20)6-7-18-12-14-22(15-13-18)16-19-4-2-1-3-5-19/h1-5,8-12H,6-7,13-16H2,(H,23,24). The molecule has 1 aliphatic rings. The molecule has 1 N–H and O–H groups in total. The summed E-state index contributed by atoms with van der Waals surface area (Å²) in [6, 6.07) is 17.8. The minimum absolute atomic E-state index is 0.354. The van der Waals surface area contributed by atoms with Crippen LogP contribution in [0, 0.1) is 0 Å². The highest BCUT2D eigenvalue weighted by molar-refractivity contribution is 5.87. The number of nitrogens with zero attached hydrogens (tertiary/aromatic N) is 1. The van der Waals surface area contributed by atoms with Crippen LogP contribution < -0.4 is 0 Å². The third kappa shape index (κ3) is 4.56. The lowest BCUT2D eigenvalue weighted by molar-refractivity contribution is 0.0697. The minimum atomic E-state index is -0.866. The van der Waals surface area contributed by atoms with Crippen LogP contribution in [0.5, 0.6) is 0 Å². The zero-order chi connectivity index (χ0) is 16.8. The highest BCUT2D eigenvalue weighted by Crippen LogP contribution is 2.19. The third-order valence-corrected chi connectivity index (χ3v) is 4.57. The molecule has 24 heavy (non-hydrogen) atoms. The summed E-state index contributed by atoms with van der Waals surface area (Å²) in [5.41, 5.74) is 4.44. The molecule has 124 valence electrons. The molecule has 0 aliphatic carbocycles. The Hall–Kier alpha value is -2.39. The van der Waals surface area contributed by atoms with E-state index < -0.39 is 5.97 Å². The van der Waals surface area contributed by atoms with Gasteiger partial charge in [-0.15, -0.1) is 0 Å². The molecule has 2 aromatic carbocycles. The van der Waals surface area contributed by atoms with Gasteiger partial charge in [0.15, 0.2) is 0 Å². The Labute approximate surface area is 143 Å². The van der Waals surface area contributed by atoms with Crippen LogP contribution in [-0.4, -0.2) is 29.1 Å². The van der Waals surface area contributed by atoms with E-state index in [4.69, 9.17) is 5.11 Å². The fraction of sp³-hybridized carbons (Fsp3) is 0.286. The van der Waals surface area contributed by atoms with Crippen LogP contribution in [-0.2, 0) is 13.0 Å². The number of rotatable bonds is 6. The van der Waals surface area contributed by atoms with E-state index >= 15 is 0 Å². The molecule has 0 atom stereocenters. The lowest BCUT2D eigenvalue weighted by atomic mass is 9.99. The van der Waals surface area contributed by atoms with Gasteiger partial charge in [0.1, 0.15) is 0 Å². The molecule has 1 aliphatic heterocycles. The minimum Gasteiger partial charge on any atom is -0.478 e. The van der Waals surface area contributed by atoms with E-state index in [1.54, 1.807) is 12.1 Å². The summed E-state index contributed by atoms with van der Waals surface area (Å²) in [4.78, 5) is 13.3. The first-order valence-electron chi connectivity index (χ1n) is 8.47. The average Bonchev–Trinajstić information content (AvgIpc) is 2.62. The first kappa shape index (κ1) is 16.5. The number of aromatic carboxylic acids is 1. The van der Waals surface area contributed by atoms with Crippen molar-refractivity contribution in [3.05, 3.63) is 82.9 Å². The summed E-state index contributed by atoms with van der Waals surface area (Å²) < 4.78 is 0. The fourth-order valence-electron chi connectivity index (χ4n) is 3.08. The van der Waals surface area contributed by atoms with Crippen LogP contribution >= 0.6 is 0 Å². The predicted octanol–water partition coefficient (Wildman–Crippen LogP) is 4.15. The Morgan fingerprint density at radius 1 is 0.958 bits per heavy atom. The smallest absolute Gasteiger partial charge is 0.335 e. The molecule has 0 saturated carbocycles. The molecular weight excluding hydrogens is 298 g/mol. The van der Waals surface area contributed by atoms with E-state index in [2.05, 4.69) is 41.3 Å². The second-order valence-corrected chi connectivity index (χ2v) is 6.34. The molecular formula is C21H23NO2. The zero-order valence-electron chi connectivity index (χ0n) is 13.8. The Kier molecular flexibility index (Phi) is 5.44. The zero-order valence-corrected chi connectivity index (χ0v) is 13.8. The normalized spacial score (nSPS) is 15.1. The van der Waals surface area contributed by atoms with Gasteiger partial charge in [0.2, 0.25) is 0 Å². The summed E-state index contributed by atoms with van der Waals surface area (Å²) >= 11 is 0. The molecule has 3 heteroatoms. The molecule has 1 heterocycles. The first-order valence-corrected chi connectivity index (χ1v) is 8.47. The summed E-state index contributed by atoms with van der Waals surface area (Å²) in [6.45, 7) is 3.14. The molecule has 0 fully saturated rings. The van der Waals surface area contributed by atoms with Crippen molar-refractivity contribution in [1.29, 1.82) is 0 Å². The SMILES string of the molecule is O=C(O)c1ccc(CCC2=CCN(Cc3ccccc3)CC2)cc1. The maximum Gasteiger partial charge on any atom is 0.335 e. The van der Waals surface area contributed by atoms with Gasteiger partial charge < -0.3 is 5.11 Å². The quantitative estimate of drug-likeness (QED) is 0.813. The van der Waals surface area contributed by atoms with Crippen LogP contribution in [0.4, 0.5) is 0 Å². The van der Waals surface area contributed by atoms with Gasteiger partial charge in [0.05, 0.1) is 5.56 Å². The van der Waals surface area contributed by atoms with Crippen LogP contribution in [0.2, 0.25) is 0 Å². The molecule has 0 unspecified atom stereocenters. The Bertz CT molecular complexity index is 704. The van der Waals surface area contributed by atoms with Gasteiger partial charge in [-0.3, -0.25) is 4.90 Å². The van der Waals surface area contributed by atoms with Gasteiger partial charge in [0, 0.05) is 19.6 Å². The summed E-state index contributed by atoms with van der Waals surface area (Å²) in [7, 11) is 0. The predicted molar refractivity (Wildman–Crippen MR) is 96.1 cm³/mol. The van der Waals surface area contributed by atoms with Gasteiger partial charge in [-0.25, -0.2) is 4.79 Å². The monoisotopic (exact) mass is 321 g/mol. The number of hydrogen-bond donors (Lipinski definition) is 1. The number of hydrogen-bond acceptors (Lipinski definition) is 2. The van der Waals surface area contributed by atoms with E-state index in [0.29, 0.717) is 5.56 Å². The summed E-state index contributed by atoms with van der Waals surface area (Å²) in [6.07, 6.45) is 5.52. The van der Waals surface area contributed by atoms with Gasteiger partial charge >= 0.3 is 5.97 Å². The average molecular weight is 321 g/mol. The lowest BCUT2D eigenvalue weighted by Gasteiger charge is -2.26. The Balaban J connectivity index is 1.48. The molecule has 0 aromatic heterocycles. The van der Waals surface area contributed by atoms with Crippen molar-refractivity contribution in [1.82, 2.24) is 4.90 Å². The van der Waals surface area contributed by atoms with Crippen molar-refractivity contribution in [3.63, 3.8) is 0 Å². The van der Waals surface area contributed by atoms with Gasteiger partial charge in [-0.05, 0) is 42.5 Å². The van der Waals surface area contributed by atoms with Gasteiger partial charge in [-0.1, -0.05) is 54.1 Å². The number of aryl methyl sites for hydroxylation is 1. The van der Waals surface area contributed by atoms with Gasteiger partial charge in [0.25, 0.3) is 0 Å². The van der Waals surface area contributed by atoms with Crippen LogP contribution in [0.1, 0.15) is 34.3 Å². The highest BCUT2D eigenvalue weighted by Gasteiger charge is 2.12. The molecule has 3 rings (SSSR count). The van der Waals surface area contributed by atoms with Crippen molar-refractivity contribution in [2.75, 3.05) is 13.1 Å². The Morgan fingerprint density at radius 3 is 2.33 bits per heavy atom. The lowest BCUT2D eigenvalue weighted by Crippen LogP contribution is -2.28. The van der Waals surface area contributed by atoms with Crippen molar-refractivity contribution >= 4 is 5.97 Å². The second-order valence-electron chi connectivity index (χ2n) is 6.34. The van der Waals surface area contributed by atoms with Crippen molar-refractivity contribution in [2.24, 2.45) is 0 Å². The molecule has 3 nitrogen and oxygen atoms in total. The van der Waals surface area contributed by atoms with Crippen LogP contribution in [0.25, 0.3) is 0 Å². The highest BCUT2D eigenvalue weighted by atomic mass is 16.4. The molecule has 2 aromatic rings. The number of benzene rings is 2. The summed E-state index contributed by atoms with van der Waals surface area (Å²) in [5.74, 6) is -0.866. The van der Waals surface area contributed by atoms with Crippen molar-refractivity contribution in [3.8, 4) is 0 Å². The number of carboxylic acid groups (broad SMARTS) is 1. The maximum atomic E-state index is 10.9. The number of carbonyl (C=O) groups is 1. The van der Waals surface area contributed by atoms with Crippen LogP contribution in [0.3, 0.4) is 0 Å². The third-order valence-electron chi connectivity index (χ3n) is 4.57. The number of carboxylic acids is 1. The largest absolute Gasteiger partial charge is 0.478 e. The summed E-state index contributed by atoms with van der Waals surface area (Å²) in [5, 5.41) is 8.93. The maximum absolute atomic E-state index is 10.9. The molecule has 0 spiro atoms. The van der Waals surface area contributed by atoms with E-state index in [0.717, 1.165) is 38.9 Å². The first-order chi connectivity index (χ1) is 11.7. The van der Waals surface area contributed by atoms with E-state index in [1.807, 2.05) is 12.1 Å². The van der Waals surface area contributed by atoms with Crippen molar-refractivity contribution in [2.45, 2.75) is 25.8 Å². The van der Waals surface area contributed by atoms with E-state index in [9.17, 15) is 4.79 Å². The molecule has 0 amide bonds. The van der Waals surface area contributed by atoms with E-state index in [1.165, 1.54) is 16.7 Å². The second kappa shape index (κ2) is 7.93. The Morgan fingerprint density at radius 2 is 1.71 bits per heavy atom. The van der Waals surface area contributed by atoms with Gasteiger partial charge in [-0.2, -0.15) is 0 Å². The van der Waals surface area contributed by atoms with Crippen LogP contribution in [0.15, 0.2) is 66.2 Å². The van der Waals surface area contributed by atoms with E-state index in [-0.39, 0.29) is 0 Å².